The van der Waals surface area contributed by atoms with Gasteiger partial charge in [0.1, 0.15) is 0 Å². The molecular weight excluding hydrogens is 324 g/mol. The maximum absolute atomic E-state index is 5.53. The Hall–Kier alpha value is -0.650. The lowest BCUT2D eigenvalue weighted by atomic mass is 9.76. The van der Waals surface area contributed by atoms with Gasteiger partial charge in [-0.25, -0.2) is 4.98 Å². The lowest BCUT2D eigenvalue weighted by molar-refractivity contribution is 0.265. The average Bonchev–Trinajstić information content (AvgIpc) is 2.92. The molecule has 0 saturated heterocycles. The number of aromatic nitrogens is 1. The molecular formula is C14H17BrN2OS. The van der Waals surface area contributed by atoms with Gasteiger partial charge in [-0.15, -0.1) is 11.3 Å². The summed E-state index contributed by atoms with van der Waals surface area (Å²) >= 11 is 5.25. The normalized spacial score (nSPS) is 21.4. The number of hydrogen-bond donors (Lipinski definition) is 1. The minimum Gasteiger partial charge on any atom is -0.461 e. The number of nitrogens with zero attached hydrogens (tertiary/aromatic N) is 1. The van der Waals surface area contributed by atoms with Gasteiger partial charge in [0.05, 0.1) is 16.4 Å². The molecule has 0 bridgehead atoms. The highest BCUT2D eigenvalue weighted by Crippen LogP contribution is 2.45. The van der Waals surface area contributed by atoms with Crippen molar-refractivity contribution in [3.05, 3.63) is 27.4 Å². The number of nitrogens with one attached hydrogen (secondary N) is 1. The summed E-state index contributed by atoms with van der Waals surface area (Å²) < 4.78 is 6.50. The van der Waals surface area contributed by atoms with Crippen LogP contribution in [0.4, 0.5) is 0 Å². The van der Waals surface area contributed by atoms with Crippen molar-refractivity contribution in [3.8, 4) is 10.8 Å². The zero-order valence-electron chi connectivity index (χ0n) is 11.3. The zero-order valence-corrected chi connectivity index (χ0v) is 13.7. The monoisotopic (exact) mass is 340 g/mol. The van der Waals surface area contributed by atoms with E-state index in [1.165, 1.54) is 10.6 Å². The number of hydrogen-bond acceptors (Lipinski definition) is 4. The van der Waals surface area contributed by atoms with Crippen LogP contribution in [0.15, 0.2) is 21.2 Å². The van der Waals surface area contributed by atoms with Gasteiger partial charge in [-0.1, -0.05) is 13.8 Å². The van der Waals surface area contributed by atoms with E-state index in [1.807, 2.05) is 13.1 Å². The quantitative estimate of drug-likeness (QED) is 0.880. The second-order valence-electron chi connectivity index (χ2n) is 5.81. The highest BCUT2D eigenvalue weighted by Gasteiger charge is 2.34. The molecule has 2 aromatic heterocycles. The van der Waals surface area contributed by atoms with E-state index in [1.54, 1.807) is 17.6 Å². The van der Waals surface area contributed by atoms with Crippen LogP contribution in [0.5, 0.6) is 0 Å². The van der Waals surface area contributed by atoms with Crippen molar-refractivity contribution < 1.29 is 4.42 Å². The molecule has 0 aromatic carbocycles. The summed E-state index contributed by atoms with van der Waals surface area (Å²) in [5.74, 6) is 0.840. The van der Waals surface area contributed by atoms with Gasteiger partial charge >= 0.3 is 0 Å². The number of fused-ring (bicyclic) bond motifs is 1. The van der Waals surface area contributed by atoms with Crippen molar-refractivity contribution in [2.45, 2.75) is 32.7 Å². The van der Waals surface area contributed by atoms with Gasteiger partial charge in [0.25, 0.3) is 0 Å². The molecule has 19 heavy (non-hydrogen) atoms. The Morgan fingerprint density at radius 2 is 2.32 bits per heavy atom. The molecule has 1 atom stereocenters. The van der Waals surface area contributed by atoms with E-state index in [0.29, 0.717) is 11.5 Å². The summed E-state index contributed by atoms with van der Waals surface area (Å²) in [5.41, 5.74) is 1.52. The smallest absolute Gasteiger partial charge is 0.176 e. The minimum absolute atomic E-state index is 0.298. The Morgan fingerprint density at radius 1 is 1.53 bits per heavy atom. The van der Waals surface area contributed by atoms with Crippen LogP contribution in [0.25, 0.3) is 10.8 Å². The summed E-state index contributed by atoms with van der Waals surface area (Å²) in [6.45, 7) is 4.62. The Kier molecular flexibility index (Phi) is 3.31. The summed E-state index contributed by atoms with van der Waals surface area (Å²) in [5, 5.41) is 4.39. The van der Waals surface area contributed by atoms with Crippen molar-refractivity contribution in [2.75, 3.05) is 7.05 Å². The molecule has 0 radical (unpaired) electrons. The first-order valence-electron chi connectivity index (χ1n) is 6.40. The van der Waals surface area contributed by atoms with E-state index in [9.17, 15) is 0 Å². The van der Waals surface area contributed by atoms with E-state index in [4.69, 9.17) is 9.40 Å². The van der Waals surface area contributed by atoms with Crippen LogP contribution in [0.2, 0.25) is 0 Å². The van der Waals surface area contributed by atoms with Crippen molar-refractivity contribution in [3.63, 3.8) is 0 Å². The van der Waals surface area contributed by atoms with Crippen LogP contribution < -0.4 is 5.32 Å². The largest absolute Gasteiger partial charge is 0.461 e. The molecule has 0 fully saturated rings. The molecule has 1 aliphatic rings. The van der Waals surface area contributed by atoms with Crippen molar-refractivity contribution in [1.82, 2.24) is 10.3 Å². The van der Waals surface area contributed by atoms with E-state index in [-0.39, 0.29) is 0 Å². The zero-order chi connectivity index (χ0) is 13.6. The molecule has 1 aliphatic carbocycles. The number of halogens is 1. The fraction of sp³-hybridized carbons (Fsp3) is 0.500. The van der Waals surface area contributed by atoms with Crippen molar-refractivity contribution in [2.24, 2.45) is 5.41 Å². The average molecular weight is 341 g/mol. The van der Waals surface area contributed by atoms with Gasteiger partial charge < -0.3 is 9.73 Å². The second-order valence-corrected chi connectivity index (χ2v) is 7.70. The molecule has 5 heteroatoms. The summed E-state index contributed by atoms with van der Waals surface area (Å²) in [4.78, 5) is 6.16. The molecule has 1 N–H and O–H groups in total. The highest BCUT2D eigenvalue weighted by molar-refractivity contribution is 9.10. The number of rotatable bonds is 2. The Labute approximate surface area is 125 Å². The molecule has 3 nitrogen and oxygen atoms in total. The second kappa shape index (κ2) is 4.72. The molecule has 0 spiro atoms. The predicted molar refractivity (Wildman–Crippen MR) is 81.4 cm³/mol. The van der Waals surface area contributed by atoms with Crippen LogP contribution in [0.3, 0.4) is 0 Å². The Bertz CT molecular complexity index is 602. The number of thiazole rings is 1. The molecule has 0 aliphatic heterocycles. The first-order chi connectivity index (χ1) is 9.00. The van der Waals surface area contributed by atoms with Crippen molar-refractivity contribution in [1.29, 1.82) is 0 Å². The fourth-order valence-corrected chi connectivity index (χ4v) is 4.42. The van der Waals surface area contributed by atoms with Crippen LogP contribution in [0, 0.1) is 5.41 Å². The SMILES string of the molecule is CNC1CC(C)(C)Cc2nc(-c3occc3Br)sc21. The van der Waals surface area contributed by atoms with Gasteiger partial charge in [-0.05, 0) is 47.3 Å². The Balaban J connectivity index is 2.05. The molecule has 0 saturated carbocycles. The number of furan rings is 1. The molecule has 2 heterocycles. The third kappa shape index (κ3) is 2.39. The molecule has 0 amide bonds. The maximum atomic E-state index is 5.53. The van der Waals surface area contributed by atoms with Gasteiger partial charge in [0.2, 0.25) is 0 Å². The standard InChI is InChI=1S/C14H17BrN2OS/c1-14(2)6-9(16-3)12-10(7-14)17-13(19-12)11-8(15)4-5-18-11/h4-5,9,16H,6-7H2,1-3H3. The summed E-state index contributed by atoms with van der Waals surface area (Å²) in [7, 11) is 2.03. The maximum Gasteiger partial charge on any atom is 0.176 e. The van der Waals surface area contributed by atoms with Crippen LogP contribution in [0.1, 0.15) is 36.9 Å². The Morgan fingerprint density at radius 3 is 2.95 bits per heavy atom. The molecule has 102 valence electrons. The molecule has 2 aromatic rings. The first kappa shape index (κ1) is 13.3. The van der Waals surface area contributed by atoms with E-state index in [2.05, 4.69) is 35.1 Å². The highest BCUT2D eigenvalue weighted by atomic mass is 79.9. The van der Waals surface area contributed by atoms with Crippen LogP contribution in [-0.4, -0.2) is 12.0 Å². The lowest BCUT2D eigenvalue weighted by Crippen LogP contribution is -2.30. The van der Waals surface area contributed by atoms with Gasteiger partial charge in [0, 0.05) is 10.9 Å². The first-order valence-corrected chi connectivity index (χ1v) is 8.01. The van der Waals surface area contributed by atoms with E-state index >= 15 is 0 Å². The summed E-state index contributed by atoms with van der Waals surface area (Å²) in [6.07, 6.45) is 3.88. The summed E-state index contributed by atoms with van der Waals surface area (Å²) in [6, 6.07) is 2.31. The fourth-order valence-electron chi connectivity index (χ4n) is 2.71. The van der Waals surface area contributed by atoms with E-state index < -0.39 is 0 Å². The third-order valence-corrected chi connectivity index (χ3v) is 5.44. The third-order valence-electron chi connectivity index (χ3n) is 3.61. The molecule has 1 unspecified atom stereocenters. The van der Waals surface area contributed by atoms with Crippen LogP contribution >= 0.6 is 27.3 Å². The predicted octanol–water partition coefficient (Wildman–Crippen LogP) is 4.40. The lowest BCUT2D eigenvalue weighted by Gasteiger charge is -2.34. The van der Waals surface area contributed by atoms with Crippen molar-refractivity contribution >= 4 is 27.3 Å². The van der Waals surface area contributed by atoms with Gasteiger partial charge in [-0.2, -0.15) is 0 Å². The van der Waals surface area contributed by atoms with E-state index in [0.717, 1.165) is 28.1 Å². The van der Waals surface area contributed by atoms with Gasteiger partial charge in [0.15, 0.2) is 10.8 Å². The van der Waals surface area contributed by atoms with Crippen LogP contribution in [-0.2, 0) is 6.42 Å². The topological polar surface area (TPSA) is 38.1 Å². The molecule has 3 rings (SSSR count). The minimum atomic E-state index is 0.298. The van der Waals surface area contributed by atoms with Gasteiger partial charge in [-0.3, -0.25) is 0 Å².